The second kappa shape index (κ2) is 5.44. The fraction of sp³-hybridized carbons (Fsp3) is 0.364. The molecular formula is C11H13ClFN3O2S. The Morgan fingerprint density at radius 1 is 1.47 bits per heavy atom. The van der Waals surface area contributed by atoms with Gasteiger partial charge in [-0.15, -0.1) is 11.6 Å². The van der Waals surface area contributed by atoms with Gasteiger partial charge in [0.1, 0.15) is 11.3 Å². The SMILES string of the molecule is CS(=O)(=O)NCCn1c(CCl)nc2c(F)cccc21. The Labute approximate surface area is 115 Å². The number of fused-ring (bicyclic) bond motifs is 1. The minimum atomic E-state index is -3.25. The van der Waals surface area contributed by atoms with Crippen molar-refractivity contribution in [3.05, 3.63) is 29.8 Å². The van der Waals surface area contributed by atoms with Crippen molar-refractivity contribution in [2.45, 2.75) is 12.4 Å². The minimum Gasteiger partial charge on any atom is -0.326 e. The Kier molecular flexibility index (Phi) is 4.07. The number of imidazole rings is 1. The zero-order chi connectivity index (χ0) is 14.0. The number of para-hydroxylation sites is 1. The number of hydrogen-bond acceptors (Lipinski definition) is 3. The van der Waals surface area contributed by atoms with E-state index >= 15 is 0 Å². The first-order valence-electron chi connectivity index (χ1n) is 5.56. The fourth-order valence-electron chi connectivity index (χ4n) is 1.86. The number of aromatic nitrogens is 2. The van der Waals surface area contributed by atoms with E-state index in [-0.39, 0.29) is 17.9 Å². The van der Waals surface area contributed by atoms with Crippen LogP contribution in [0.15, 0.2) is 18.2 Å². The van der Waals surface area contributed by atoms with Crippen LogP contribution < -0.4 is 4.72 Å². The molecule has 1 N–H and O–H groups in total. The topological polar surface area (TPSA) is 64.0 Å². The standard InChI is InChI=1S/C11H13ClFN3O2S/c1-19(17,18)14-5-6-16-9-4-2-3-8(13)11(9)15-10(16)7-12/h2-4,14H,5-7H2,1H3. The van der Waals surface area contributed by atoms with Gasteiger partial charge in [0.2, 0.25) is 10.0 Å². The molecule has 1 aromatic heterocycles. The molecule has 0 atom stereocenters. The molecule has 5 nitrogen and oxygen atoms in total. The Morgan fingerprint density at radius 2 is 2.21 bits per heavy atom. The zero-order valence-corrected chi connectivity index (χ0v) is 11.8. The van der Waals surface area contributed by atoms with Crippen molar-refractivity contribution in [2.24, 2.45) is 0 Å². The molecule has 0 aliphatic carbocycles. The monoisotopic (exact) mass is 305 g/mol. The average molecular weight is 306 g/mol. The number of benzene rings is 1. The number of halogens is 2. The lowest BCUT2D eigenvalue weighted by atomic mass is 10.3. The van der Waals surface area contributed by atoms with Crippen LogP contribution in [-0.2, 0) is 22.4 Å². The van der Waals surface area contributed by atoms with Crippen LogP contribution in [0.4, 0.5) is 4.39 Å². The van der Waals surface area contributed by atoms with Crippen molar-refractivity contribution in [3.8, 4) is 0 Å². The number of nitrogens with one attached hydrogen (secondary N) is 1. The molecule has 0 bridgehead atoms. The largest absolute Gasteiger partial charge is 0.326 e. The van der Waals surface area contributed by atoms with E-state index in [4.69, 9.17) is 11.6 Å². The van der Waals surface area contributed by atoms with E-state index < -0.39 is 15.8 Å². The van der Waals surface area contributed by atoms with Crippen LogP contribution in [0, 0.1) is 5.82 Å². The number of hydrogen-bond donors (Lipinski definition) is 1. The van der Waals surface area contributed by atoms with Gasteiger partial charge in [-0.1, -0.05) is 6.07 Å². The first kappa shape index (κ1) is 14.2. The molecule has 0 aliphatic rings. The highest BCUT2D eigenvalue weighted by molar-refractivity contribution is 7.88. The fourth-order valence-corrected chi connectivity index (χ4v) is 2.52. The van der Waals surface area contributed by atoms with Gasteiger partial charge in [-0.05, 0) is 12.1 Å². The van der Waals surface area contributed by atoms with E-state index in [0.717, 1.165) is 6.26 Å². The lowest BCUT2D eigenvalue weighted by Crippen LogP contribution is -2.26. The molecule has 0 saturated carbocycles. The van der Waals surface area contributed by atoms with Crippen LogP contribution in [0.25, 0.3) is 11.0 Å². The molecule has 0 unspecified atom stereocenters. The van der Waals surface area contributed by atoms with Gasteiger partial charge >= 0.3 is 0 Å². The summed E-state index contributed by atoms with van der Waals surface area (Å²) in [6.07, 6.45) is 1.08. The number of rotatable bonds is 5. The van der Waals surface area contributed by atoms with Crippen molar-refractivity contribution < 1.29 is 12.8 Å². The first-order valence-corrected chi connectivity index (χ1v) is 7.99. The third kappa shape index (κ3) is 3.23. The second-order valence-electron chi connectivity index (χ2n) is 4.09. The predicted molar refractivity (Wildman–Crippen MR) is 72.1 cm³/mol. The summed E-state index contributed by atoms with van der Waals surface area (Å²) >= 11 is 5.78. The molecule has 1 aromatic carbocycles. The molecule has 0 amide bonds. The summed E-state index contributed by atoms with van der Waals surface area (Å²) in [7, 11) is -3.25. The molecule has 0 fully saturated rings. The summed E-state index contributed by atoms with van der Waals surface area (Å²) in [6.45, 7) is 0.541. The Balaban J connectivity index is 2.33. The maximum Gasteiger partial charge on any atom is 0.208 e. The third-order valence-electron chi connectivity index (χ3n) is 2.63. The van der Waals surface area contributed by atoms with Crippen LogP contribution >= 0.6 is 11.6 Å². The summed E-state index contributed by atoms with van der Waals surface area (Å²) in [5.74, 6) is 0.225. The highest BCUT2D eigenvalue weighted by atomic mass is 35.5. The number of sulfonamides is 1. The van der Waals surface area contributed by atoms with E-state index in [2.05, 4.69) is 9.71 Å². The summed E-state index contributed by atoms with van der Waals surface area (Å²) in [6, 6.07) is 4.63. The minimum absolute atomic E-state index is 0.132. The lowest BCUT2D eigenvalue weighted by molar-refractivity contribution is 0.578. The van der Waals surface area contributed by atoms with Crippen LogP contribution in [0.2, 0.25) is 0 Å². The van der Waals surface area contributed by atoms with Crippen molar-refractivity contribution in [3.63, 3.8) is 0 Å². The number of alkyl halides is 1. The molecule has 0 aliphatic heterocycles. The van der Waals surface area contributed by atoms with Crippen LogP contribution in [-0.4, -0.2) is 30.8 Å². The van der Waals surface area contributed by atoms with Gasteiger partial charge < -0.3 is 4.57 Å². The smallest absolute Gasteiger partial charge is 0.208 e. The quantitative estimate of drug-likeness (QED) is 0.851. The van der Waals surface area contributed by atoms with Crippen molar-refractivity contribution in [1.82, 2.24) is 14.3 Å². The highest BCUT2D eigenvalue weighted by Gasteiger charge is 2.13. The van der Waals surface area contributed by atoms with Crippen LogP contribution in [0.3, 0.4) is 0 Å². The van der Waals surface area contributed by atoms with E-state index in [0.29, 0.717) is 17.9 Å². The Hall–Kier alpha value is -1.18. The molecular weight excluding hydrogens is 293 g/mol. The van der Waals surface area contributed by atoms with Gasteiger partial charge in [-0.2, -0.15) is 0 Å². The molecule has 2 rings (SSSR count). The number of nitrogens with zero attached hydrogens (tertiary/aromatic N) is 2. The molecule has 0 radical (unpaired) electrons. The summed E-state index contributed by atoms with van der Waals surface area (Å²) in [5.41, 5.74) is 0.850. The van der Waals surface area contributed by atoms with Crippen LogP contribution in [0.5, 0.6) is 0 Å². The van der Waals surface area contributed by atoms with Gasteiger partial charge in [0.15, 0.2) is 5.82 Å². The van der Waals surface area contributed by atoms with E-state index in [1.165, 1.54) is 6.07 Å². The summed E-state index contributed by atoms with van der Waals surface area (Å²) < 4.78 is 39.7. The normalized spacial score (nSPS) is 12.2. The van der Waals surface area contributed by atoms with Gasteiger partial charge in [0.05, 0.1) is 17.7 Å². The second-order valence-corrected chi connectivity index (χ2v) is 6.19. The Bertz CT molecular complexity index is 699. The van der Waals surface area contributed by atoms with E-state index in [1.807, 2.05) is 0 Å². The predicted octanol–water partition coefficient (Wildman–Crippen LogP) is 1.46. The van der Waals surface area contributed by atoms with Gasteiger partial charge in [-0.25, -0.2) is 22.5 Å². The molecule has 1 heterocycles. The molecule has 19 heavy (non-hydrogen) atoms. The molecule has 104 valence electrons. The summed E-state index contributed by atoms with van der Waals surface area (Å²) in [4.78, 5) is 4.12. The third-order valence-corrected chi connectivity index (χ3v) is 3.60. The van der Waals surface area contributed by atoms with Gasteiger partial charge in [0, 0.05) is 13.1 Å². The molecule has 0 saturated heterocycles. The Morgan fingerprint density at radius 3 is 2.84 bits per heavy atom. The van der Waals surface area contributed by atoms with Gasteiger partial charge in [-0.3, -0.25) is 0 Å². The molecule has 2 aromatic rings. The zero-order valence-electron chi connectivity index (χ0n) is 10.2. The van der Waals surface area contributed by atoms with Crippen molar-refractivity contribution >= 4 is 32.7 Å². The summed E-state index contributed by atoms with van der Waals surface area (Å²) in [5, 5.41) is 0. The molecule has 0 spiro atoms. The van der Waals surface area contributed by atoms with Crippen molar-refractivity contribution in [2.75, 3.05) is 12.8 Å². The van der Waals surface area contributed by atoms with Gasteiger partial charge in [0.25, 0.3) is 0 Å². The first-order chi connectivity index (χ1) is 8.92. The maximum atomic E-state index is 13.6. The average Bonchev–Trinajstić information content (AvgIpc) is 2.68. The lowest BCUT2D eigenvalue weighted by Gasteiger charge is -2.07. The molecule has 8 heteroatoms. The maximum absolute atomic E-state index is 13.6. The van der Waals surface area contributed by atoms with E-state index in [9.17, 15) is 12.8 Å². The highest BCUT2D eigenvalue weighted by Crippen LogP contribution is 2.20. The van der Waals surface area contributed by atoms with Crippen molar-refractivity contribution in [1.29, 1.82) is 0 Å². The van der Waals surface area contributed by atoms with Crippen LogP contribution in [0.1, 0.15) is 5.82 Å². The van der Waals surface area contributed by atoms with E-state index in [1.54, 1.807) is 16.7 Å².